The Hall–Kier alpha value is -3.19. The first kappa shape index (κ1) is 21.1. The number of anilines is 1. The number of aromatic nitrogens is 3. The van der Waals surface area contributed by atoms with Crippen molar-refractivity contribution in [2.45, 2.75) is 33.4 Å². The number of pyridine rings is 1. The van der Waals surface area contributed by atoms with Crippen molar-refractivity contribution in [3.8, 4) is 0 Å². The SMILES string of the molecule is Cc1cc(C)n(Cc2cccc(NC(=O)N3CCN(C(C)c4cccnc4)CC3)c2)n1. The molecule has 31 heavy (non-hydrogen) atoms. The molecule has 7 nitrogen and oxygen atoms in total. The van der Waals surface area contributed by atoms with Gasteiger partial charge < -0.3 is 10.2 Å². The standard InChI is InChI=1S/C24H30N6O/c1-18-14-19(2)30(27-18)17-21-6-4-8-23(15-21)26-24(31)29-12-10-28(11-13-29)20(3)22-7-5-9-25-16-22/h4-9,14-16,20H,10-13,17H2,1-3H3,(H,26,31). The molecule has 0 radical (unpaired) electrons. The van der Waals surface area contributed by atoms with E-state index in [1.807, 2.05) is 47.0 Å². The van der Waals surface area contributed by atoms with Gasteiger partial charge in [0.2, 0.25) is 0 Å². The lowest BCUT2D eigenvalue weighted by molar-refractivity contribution is 0.119. The molecule has 2 amide bonds. The number of hydrogen-bond acceptors (Lipinski definition) is 4. The van der Waals surface area contributed by atoms with Crippen molar-refractivity contribution in [3.05, 3.63) is 77.4 Å². The summed E-state index contributed by atoms with van der Waals surface area (Å²) >= 11 is 0. The Bertz CT molecular complexity index is 1020. The highest BCUT2D eigenvalue weighted by atomic mass is 16.2. The quantitative estimate of drug-likeness (QED) is 0.683. The molecule has 1 N–H and O–H groups in total. The second kappa shape index (κ2) is 9.31. The minimum absolute atomic E-state index is 0.0445. The maximum atomic E-state index is 12.8. The molecule has 0 saturated carbocycles. The van der Waals surface area contributed by atoms with Crippen molar-refractivity contribution in [1.29, 1.82) is 0 Å². The third kappa shape index (κ3) is 5.11. The van der Waals surface area contributed by atoms with Crippen LogP contribution in [0.4, 0.5) is 10.5 Å². The van der Waals surface area contributed by atoms with Crippen LogP contribution in [-0.4, -0.2) is 56.8 Å². The first-order chi connectivity index (χ1) is 15.0. The van der Waals surface area contributed by atoms with Crippen LogP contribution in [0.25, 0.3) is 0 Å². The van der Waals surface area contributed by atoms with Gasteiger partial charge in [-0.3, -0.25) is 14.6 Å². The number of carbonyl (C=O) groups excluding carboxylic acids is 1. The Morgan fingerprint density at radius 3 is 2.58 bits per heavy atom. The number of nitrogens with one attached hydrogen (secondary N) is 1. The number of aryl methyl sites for hydroxylation is 2. The molecule has 1 atom stereocenters. The maximum Gasteiger partial charge on any atom is 0.321 e. The van der Waals surface area contributed by atoms with Crippen LogP contribution in [0.1, 0.15) is 35.5 Å². The predicted octanol–water partition coefficient (Wildman–Crippen LogP) is 3.85. The van der Waals surface area contributed by atoms with Gasteiger partial charge in [-0.05, 0) is 56.2 Å². The highest BCUT2D eigenvalue weighted by molar-refractivity contribution is 5.89. The minimum Gasteiger partial charge on any atom is -0.322 e. The fourth-order valence-electron chi connectivity index (χ4n) is 4.10. The van der Waals surface area contributed by atoms with E-state index in [0.717, 1.165) is 35.7 Å². The van der Waals surface area contributed by atoms with E-state index < -0.39 is 0 Å². The molecule has 1 saturated heterocycles. The van der Waals surface area contributed by atoms with Crippen molar-refractivity contribution >= 4 is 11.7 Å². The Labute approximate surface area is 183 Å². The summed E-state index contributed by atoms with van der Waals surface area (Å²) in [5, 5.41) is 7.59. The van der Waals surface area contributed by atoms with E-state index in [1.54, 1.807) is 6.20 Å². The lowest BCUT2D eigenvalue weighted by Crippen LogP contribution is -2.50. The molecule has 0 spiro atoms. The van der Waals surface area contributed by atoms with Gasteiger partial charge in [-0.1, -0.05) is 18.2 Å². The number of urea groups is 1. The van der Waals surface area contributed by atoms with Crippen LogP contribution >= 0.6 is 0 Å². The molecule has 1 fully saturated rings. The van der Waals surface area contributed by atoms with Gasteiger partial charge in [-0.2, -0.15) is 5.10 Å². The summed E-state index contributed by atoms with van der Waals surface area (Å²) in [5.74, 6) is 0. The van der Waals surface area contributed by atoms with E-state index in [9.17, 15) is 4.79 Å². The van der Waals surface area contributed by atoms with Gasteiger partial charge in [0.05, 0.1) is 12.2 Å². The third-order valence-corrected chi connectivity index (χ3v) is 5.93. The first-order valence-electron chi connectivity index (χ1n) is 10.8. The second-order valence-electron chi connectivity index (χ2n) is 8.20. The Kier molecular flexibility index (Phi) is 6.32. The van der Waals surface area contributed by atoms with Crippen LogP contribution in [0.15, 0.2) is 54.9 Å². The lowest BCUT2D eigenvalue weighted by Gasteiger charge is -2.38. The summed E-state index contributed by atoms with van der Waals surface area (Å²) in [5.41, 5.74) is 5.28. The molecule has 1 aromatic carbocycles. The van der Waals surface area contributed by atoms with Gasteiger partial charge in [-0.15, -0.1) is 0 Å². The highest BCUT2D eigenvalue weighted by Gasteiger charge is 2.25. The monoisotopic (exact) mass is 418 g/mol. The predicted molar refractivity (Wildman–Crippen MR) is 122 cm³/mol. The molecule has 2 aromatic heterocycles. The van der Waals surface area contributed by atoms with Crippen LogP contribution in [-0.2, 0) is 6.54 Å². The number of carbonyl (C=O) groups is 1. The Balaban J connectivity index is 1.32. The highest BCUT2D eigenvalue weighted by Crippen LogP contribution is 2.21. The fraction of sp³-hybridized carbons (Fsp3) is 0.375. The van der Waals surface area contributed by atoms with E-state index in [1.165, 1.54) is 5.56 Å². The van der Waals surface area contributed by atoms with Crippen LogP contribution in [0.3, 0.4) is 0 Å². The Morgan fingerprint density at radius 1 is 1.10 bits per heavy atom. The Morgan fingerprint density at radius 2 is 1.90 bits per heavy atom. The third-order valence-electron chi connectivity index (χ3n) is 5.93. The molecule has 7 heteroatoms. The summed E-state index contributed by atoms with van der Waals surface area (Å²) in [6.07, 6.45) is 3.72. The molecule has 162 valence electrons. The molecular weight excluding hydrogens is 388 g/mol. The van der Waals surface area contributed by atoms with Crippen LogP contribution in [0.5, 0.6) is 0 Å². The van der Waals surface area contributed by atoms with Crippen molar-refractivity contribution in [3.63, 3.8) is 0 Å². The molecule has 0 aliphatic carbocycles. The average Bonchev–Trinajstić information content (AvgIpc) is 3.10. The molecule has 3 heterocycles. The topological polar surface area (TPSA) is 66.3 Å². The summed E-state index contributed by atoms with van der Waals surface area (Å²) in [7, 11) is 0. The van der Waals surface area contributed by atoms with Gasteiger partial charge in [0.1, 0.15) is 0 Å². The second-order valence-corrected chi connectivity index (χ2v) is 8.20. The van der Waals surface area contributed by atoms with Crippen LogP contribution in [0.2, 0.25) is 0 Å². The van der Waals surface area contributed by atoms with E-state index in [4.69, 9.17) is 0 Å². The van der Waals surface area contributed by atoms with Crippen molar-refractivity contribution < 1.29 is 4.79 Å². The van der Waals surface area contributed by atoms with Crippen molar-refractivity contribution in [2.24, 2.45) is 0 Å². The molecule has 3 aromatic rings. The van der Waals surface area contributed by atoms with Gasteiger partial charge in [0.25, 0.3) is 0 Å². The minimum atomic E-state index is -0.0445. The van der Waals surface area contributed by atoms with E-state index in [2.05, 4.69) is 52.3 Å². The number of amides is 2. The fourth-order valence-corrected chi connectivity index (χ4v) is 4.10. The molecule has 1 unspecified atom stereocenters. The smallest absolute Gasteiger partial charge is 0.321 e. The maximum absolute atomic E-state index is 12.8. The van der Waals surface area contributed by atoms with Crippen LogP contribution < -0.4 is 5.32 Å². The number of nitrogens with zero attached hydrogens (tertiary/aromatic N) is 5. The van der Waals surface area contributed by atoms with Crippen molar-refractivity contribution in [1.82, 2.24) is 24.6 Å². The number of hydrogen-bond donors (Lipinski definition) is 1. The molecule has 0 bridgehead atoms. The molecular formula is C24H30N6O. The zero-order chi connectivity index (χ0) is 21.8. The van der Waals surface area contributed by atoms with E-state index in [-0.39, 0.29) is 6.03 Å². The average molecular weight is 419 g/mol. The number of piperazine rings is 1. The summed E-state index contributed by atoms with van der Waals surface area (Å²) in [6.45, 7) is 10.1. The summed E-state index contributed by atoms with van der Waals surface area (Å²) < 4.78 is 1.99. The summed E-state index contributed by atoms with van der Waals surface area (Å²) in [6, 6.07) is 14.4. The normalized spacial score (nSPS) is 15.6. The van der Waals surface area contributed by atoms with Crippen molar-refractivity contribution in [2.75, 3.05) is 31.5 Å². The molecule has 1 aliphatic rings. The summed E-state index contributed by atoms with van der Waals surface area (Å²) in [4.78, 5) is 21.3. The van der Waals surface area contributed by atoms with E-state index in [0.29, 0.717) is 25.7 Å². The van der Waals surface area contributed by atoms with Gasteiger partial charge >= 0.3 is 6.03 Å². The first-order valence-corrected chi connectivity index (χ1v) is 10.8. The van der Waals surface area contributed by atoms with Crippen LogP contribution in [0, 0.1) is 13.8 Å². The van der Waals surface area contributed by atoms with Gasteiger partial charge in [0.15, 0.2) is 0 Å². The molecule has 4 rings (SSSR count). The van der Waals surface area contributed by atoms with E-state index >= 15 is 0 Å². The van der Waals surface area contributed by atoms with Gasteiger partial charge in [-0.25, -0.2) is 4.79 Å². The lowest BCUT2D eigenvalue weighted by atomic mass is 10.1. The van der Waals surface area contributed by atoms with Gasteiger partial charge in [0, 0.05) is 56.0 Å². The number of benzene rings is 1. The molecule has 1 aliphatic heterocycles. The zero-order valence-corrected chi connectivity index (χ0v) is 18.5. The number of rotatable bonds is 5. The zero-order valence-electron chi connectivity index (χ0n) is 18.5. The largest absolute Gasteiger partial charge is 0.322 e.